The van der Waals surface area contributed by atoms with Crippen LogP contribution in [-0.4, -0.2) is 56.5 Å². The van der Waals surface area contributed by atoms with E-state index in [9.17, 15) is 9.59 Å². The molecule has 0 unspecified atom stereocenters. The third-order valence-electron chi connectivity index (χ3n) is 3.69. The van der Waals surface area contributed by atoms with Gasteiger partial charge in [0, 0.05) is 36.0 Å². The van der Waals surface area contributed by atoms with E-state index in [1.807, 2.05) is 24.3 Å². The number of rotatable bonds is 9. The van der Waals surface area contributed by atoms with Gasteiger partial charge in [0.1, 0.15) is 4.32 Å². The van der Waals surface area contributed by atoms with Crippen molar-refractivity contribution < 1.29 is 14.7 Å². The van der Waals surface area contributed by atoms with Crippen molar-refractivity contribution in [3.05, 3.63) is 34.7 Å². The van der Waals surface area contributed by atoms with Crippen molar-refractivity contribution in [1.29, 1.82) is 0 Å². The molecule has 0 radical (unpaired) electrons. The maximum atomic E-state index is 12.4. The summed E-state index contributed by atoms with van der Waals surface area (Å²) >= 11 is 13.3. The SMILES string of the molecule is O=C(O)CCN1C(=O)C(=Cc2ccc(N(CCBr)CCBr)cc2)SC1=S. The van der Waals surface area contributed by atoms with Crippen LogP contribution in [0.2, 0.25) is 0 Å². The number of halogens is 2. The second-order valence-corrected chi connectivity index (χ2v) is 8.70. The number of thiocarbonyl (C=S) groups is 1. The Bertz CT molecular complexity index is 704. The minimum atomic E-state index is -0.949. The highest BCUT2D eigenvalue weighted by Gasteiger charge is 2.31. The minimum Gasteiger partial charge on any atom is -0.481 e. The van der Waals surface area contributed by atoms with Gasteiger partial charge in [0.2, 0.25) is 0 Å². The van der Waals surface area contributed by atoms with Gasteiger partial charge in [-0.1, -0.05) is 68.0 Å². The lowest BCUT2D eigenvalue weighted by Crippen LogP contribution is -2.30. The molecule has 1 aromatic carbocycles. The van der Waals surface area contributed by atoms with E-state index in [0.29, 0.717) is 9.23 Å². The number of thioether (sulfide) groups is 1. The van der Waals surface area contributed by atoms with Crippen LogP contribution in [0.4, 0.5) is 5.69 Å². The average molecular weight is 522 g/mol. The molecule has 1 fully saturated rings. The number of alkyl halides is 2. The molecule has 1 heterocycles. The molecule has 1 saturated heterocycles. The number of hydrogen-bond donors (Lipinski definition) is 1. The van der Waals surface area contributed by atoms with Crippen LogP contribution >= 0.6 is 55.8 Å². The van der Waals surface area contributed by atoms with E-state index >= 15 is 0 Å². The summed E-state index contributed by atoms with van der Waals surface area (Å²) in [4.78, 5) is 27.3. The van der Waals surface area contributed by atoms with Crippen LogP contribution in [0.1, 0.15) is 12.0 Å². The van der Waals surface area contributed by atoms with Crippen LogP contribution in [0.5, 0.6) is 0 Å². The molecule has 5 nitrogen and oxygen atoms in total. The molecular formula is C17H18Br2N2O3S2. The van der Waals surface area contributed by atoms with Crippen molar-refractivity contribution in [2.75, 3.05) is 35.2 Å². The van der Waals surface area contributed by atoms with Gasteiger partial charge in [0.15, 0.2) is 0 Å². The molecule has 1 amide bonds. The summed E-state index contributed by atoms with van der Waals surface area (Å²) in [5, 5.41) is 10.6. The quantitative estimate of drug-likeness (QED) is 0.301. The summed E-state index contributed by atoms with van der Waals surface area (Å²) in [6.07, 6.45) is 1.68. The first-order chi connectivity index (χ1) is 12.5. The van der Waals surface area contributed by atoms with Gasteiger partial charge < -0.3 is 10.0 Å². The lowest BCUT2D eigenvalue weighted by molar-refractivity contribution is -0.137. The van der Waals surface area contributed by atoms with Crippen LogP contribution in [-0.2, 0) is 9.59 Å². The van der Waals surface area contributed by atoms with Gasteiger partial charge >= 0.3 is 5.97 Å². The van der Waals surface area contributed by atoms with E-state index in [1.165, 1.54) is 16.7 Å². The summed E-state index contributed by atoms with van der Waals surface area (Å²) in [6.45, 7) is 1.92. The summed E-state index contributed by atoms with van der Waals surface area (Å²) in [5.74, 6) is -1.18. The Balaban J connectivity index is 2.10. The second-order valence-electron chi connectivity index (χ2n) is 5.43. The molecule has 1 aromatic rings. The molecule has 0 saturated carbocycles. The fourth-order valence-corrected chi connectivity index (χ4v) is 4.57. The molecular weight excluding hydrogens is 504 g/mol. The number of carboxylic acids is 1. The molecule has 0 aliphatic carbocycles. The lowest BCUT2D eigenvalue weighted by atomic mass is 10.1. The van der Waals surface area contributed by atoms with Crippen molar-refractivity contribution >= 4 is 83.8 Å². The van der Waals surface area contributed by atoms with Gasteiger partial charge in [-0.25, -0.2) is 0 Å². The molecule has 26 heavy (non-hydrogen) atoms. The van der Waals surface area contributed by atoms with Crippen molar-refractivity contribution in [1.82, 2.24) is 4.90 Å². The number of hydrogen-bond acceptors (Lipinski definition) is 5. The number of carboxylic acid groups (broad SMARTS) is 1. The molecule has 1 N–H and O–H groups in total. The monoisotopic (exact) mass is 520 g/mol. The topological polar surface area (TPSA) is 60.9 Å². The molecule has 2 rings (SSSR count). The number of amides is 1. The molecule has 1 aliphatic rings. The highest BCUT2D eigenvalue weighted by atomic mass is 79.9. The zero-order valence-electron chi connectivity index (χ0n) is 13.9. The smallest absolute Gasteiger partial charge is 0.305 e. The second kappa shape index (κ2) is 10.4. The van der Waals surface area contributed by atoms with Crippen LogP contribution < -0.4 is 4.90 Å². The summed E-state index contributed by atoms with van der Waals surface area (Å²) in [7, 11) is 0. The van der Waals surface area contributed by atoms with Crippen molar-refractivity contribution in [3.8, 4) is 0 Å². The van der Waals surface area contributed by atoms with Gasteiger partial charge in [-0.3, -0.25) is 14.5 Å². The molecule has 140 valence electrons. The molecule has 0 spiro atoms. The van der Waals surface area contributed by atoms with Crippen LogP contribution in [0.3, 0.4) is 0 Å². The normalized spacial score (nSPS) is 15.8. The third-order valence-corrected chi connectivity index (χ3v) is 5.77. The largest absolute Gasteiger partial charge is 0.481 e. The maximum absolute atomic E-state index is 12.4. The third kappa shape index (κ3) is 5.80. The molecule has 1 aliphatic heterocycles. The number of aliphatic carboxylic acids is 1. The fraction of sp³-hybridized carbons (Fsp3) is 0.353. The Labute approximate surface area is 179 Å². The molecule has 0 bridgehead atoms. The summed E-state index contributed by atoms with van der Waals surface area (Å²) < 4.78 is 0.403. The minimum absolute atomic E-state index is 0.102. The standard InChI is InChI=1S/C17H18Br2N2O3S2/c18-6-9-20(10-7-19)13-3-1-12(2-4-13)11-14-16(24)21(17(25)26-14)8-5-15(22)23/h1-4,11H,5-10H2,(H,22,23). The lowest BCUT2D eigenvalue weighted by Gasteiger charge is -2.23. The van der Waals surface area contributed by atoms with Crippen molar-refractivity contribution in [2.24, 2.45) is 0 Å². The Morgan fingerprint density at radius 3 is 2.38 bits per heavy atom. The van der Waals surface area contributed by atoms with Gasteiger partial charge in [0.05, 0.1) is 11.3 Å². The zero-order valence-corrected chi connectivity index (χ0v) is 18.7. The van der Waals surface area contributed by atoms with Crippen LogP contribution in [0, 0.1) is 0 Å². The highest BCUT2D eigenvalue weighted by molar-refractivity contribution is 9.09. The predicted octanol–water partition coefficient (Wildman–Crippen LogP) is 3.96. The molecule has 0 aromatic heterocycles. The van der Waals surface area contributed by atoms with Crippen molar-refractivity contribution in [3.63, 3.8) is 0 Å². The van der Waals surface area contributed by atoms with E-state index in [-0.39, 0.29) is 18.9 Å². The molecule has 0 atom stereocenters. The van der Waals surface area contributed by atoms with E-state index in [4.69, 9.17) is 17.3 Å². The Hall–Kier alpha value is -0.900. The van der Waals surface area contributed by atoms with Gasteiger partial charge in [-0.2, -0.15) is 0 Å². The number of carbonyl (C=O) groups excluding carboxylic acids is 1. The zero-order chi connectivity index (χ0) is 19.1. The highest BCUT2D eigenvalue weighted by Crippen LogP contribution is 2.32. The predicted molar refractivity (Wildman–Crippen MR) is 118 cm³/mol. The van der Waals surface area contributed by atoms with E-state index in [0.717, 1.165) is 35.0 Å². The number of nitrogens with zero attached hydrogens (tertiary/aromatic N) is 2. The Kier molecular flexibility index (Phi) is 8.59. The average Bonchev–Trinajstić information content (AvgIpc) is 2.87. The van der Waals surface area contributed by atoms with Gasteiger partial charge in [-0.05, 0) is 23.8 Å². The van der Waals surface area contributed by atoms with Gasteiger partial charge in [-0.15, -0.1) is 0 Å². The number of benzene rings is 1. The maximum Gasteiger partial charge on any atom is 0.305 e. The van der Waals surface area contributed by atoms with Crippen LogP contribution in [0.15, 0.2) is 29.2 Å². The first kappa shape index (κ1) is 21.4. The number of carbonyl (C=O) groups is 2. The first-order valence-electron chi connectivity index (χ1n) is 7.90. The van der Waals surface area contributed by atoms with E-state index in [2.05, 4.69) is 36.8 Å². The van der Waals surface area contributed by atoms with Gasteiger partial charge in [0.25, 0.3) is 5.91 Å². The summed E-state index contributed by atoms with van der Waals surface area (Å²) in [6, 6.07) is 7.99. The fourth-order valence-electron chi connectivity index (χ4n) is 2.41. The Morgan fingerprint density at radius 1 is 1.23 bits per heavy atom. The van der Waals surface area contributed by atoms with E-state index < -0.39 is 5.97 Å². The van der Waals surface area contributed by atoms with Crippen LogP contribution in [0.25, 0.3) is 6.08 Å². The first-order valence-corrected chi connectivity index (χ1v) is 11.4. The number of anilines is 1. The Morgan fingerprint density at radius 2 is 1.85 bits per heavy atom. The molecule has 9 heteroatoms. The summed E-state index contributed by atoms with van der Waals surface area (Å²) in [5.41, 5.74) is 2.03. The van der Waals surface area contributed by atoms with Crippen molar-refractivity contribution in [2.45, 2.75) is 6.42 Å². The van der Waals surface area contributed by atoms with E-state index in [1.54, 1.807) is 6.08 Å².